The molecule has 0 unspecified atom stereocenters. The molecule has 1 amide bonds. The molecule has 0 aliphatic carbocycles. The minimum atomic E-state index is -0.641. The summed E-state index contributed by atoms with van der Waals surface area (Å²) in [6.07, 6.45) is 0.868. The maximum Gasteiger partial charge on any atom is 0.334 e. The van der Waals surface area contributed by atoms with Crippen molar-refractivity contribution in [3.8, 4) is 5.75 Å². The van der Waals surface area contributed by atoms with Crippen molar-refractivity contribution in [1.82, 2.24) is 9.47 Å². The van der Waals surface area contributed by atoms with Crippen LogP contribution in [0.4, 0.5) is 5.69 Å². The standard InChI is InChI=1S/C19H19N3O5/c1-27-17-5-3-2-4-14(17)18(23)20-9-12-8-13(11-20)15-6-7-16(22(25)26)19(24)21(15)10-12/h2-7,12-13H,8-11H2,1H3/t12-,13-/m0/s1. The van der Waals surface area contributed by atoms with Gasteiger partial charge in [-0.1, -0.05) is 12.1 Å². The molecule has 27 heavy (non-hydrogen) atoms. The number of hydrogen-bond donors (Lipinski definition) is 0. The van der Waals surface area contributed by atoms with Gasteiger partial charge in [0.2, 0.25) is 0 Å². The molecule has 8 nitrogen and oxygen atoms in total. The lowest BCUT2D eigenvalue weighted by molar-refractivity contribution is -0.386. The van der Waals surface area contributed by atoms with Gasteiger partial charge in [0.15, 0.2) is 0 Å². The summed E-state index contributed by atoms with van der Waals surface area (Å²) in [5, 5.41) is 11.0. The van der Waals surface area contributed by atoms with Crippen molar-refractivity contribution in [1.29, 1.82) is 0 Å². The number of ether oxygens (including phenoxy) is 1. The van der Waals surface area contributed by atoms with Gasteiger partial charge < -0.3 is 14.2 Å². The van der Waals surface area contributed by atoms with E-state index in [9.17, 15) is 19.7 Å². The maximum absolute atomic E-state index is 13.0. The smallest absolute Gasteiger partial charge is 0.334 e. The molecule has 2 atom stereocenters. The Morgan fingerprint density at radius 1 is 1.19 bits per heavy atom. The Labute approximate surface area is 155 Å². The summed E-state index contributed by atoms with van der Waals surface area (Å²) in [7, 11) is 1.53. The van der Waals surface area contributed by atoms with Gasteiger partial charge in [0.1, 0.15) is 5.75 Å². The average molecular weight is 369 g/mol. The van der Waals surface area contributed by atoms with Crippen LogP contribution in [0.2, 0.25) is 0 Å². The number of benzene rings is 1. The molecule has 1 fully saturated rings. The Morgan fingerprint density at radius 3 is 2.70 bits per heavy atom. The molecule has 8 heteroatoms. The lowest BCUT2D eigenvalue weighted by Crippen LogP contribution is -2.49. The predicted molar refractivity (Wildman–Crippen MR) is 97.1 cm³/mol. The topological polar surface area (TPSA) is 94.7 Å². The molecule has 1 aromatic heterocycles. The Hall–Kier alpha value is -3.16. The van der Waals surface area contributed by atoms with Gasteiger partial charge in [-0.2, -0.15) is 0 Å². The summed E-state index contributed by atoms with van der Waals surface area (Å²) in [5.41, 5.74) is 0.317. The molecular weight excluding hydrogens is 350 g/mol. The molecule has 2 aromatic rings. The first-order valence-corrected chi connectivity index (χ1v) is 8.80. The molecule has 1 aromatic carbocycles. The highest BCUT2D eigenvalue weighted by atomic mass is 16.6. The van der Waals surface area contributed by atoms with Crippen LogP contribution in [0.3, 0.4) is 0 Å². The second kappa shape index (κ2) is 6.53. The Kier molecular flexibility index (Phi) is 4.18. The van der Waals surface area contributed by atoms with Crippen molar-refractivity contribution in [3.63, 3.8) is 0 Å². The number of piperidine rings is 1. The third-order valence-electron chi connectivity index (χ3n) is 5.41. The van der Waals surface area contributed by atoms with E-state index in [1.54, 1.807) is 29.2 Å². The lowest BCUT2D eigenvalue weighted by atomic mass is 9.83. The first-order valence-electron chi connectivity index (χ1n) is 8.80. The summed E-state index contributed by atoms with van der Waals surface area (Å²) in [4.78, 5) is 37.6. The molecular formula is C19H19N3O5. The van der Waals surface area contributed by atoms with Crippen LogP contribution in [0.25, 0.3) is 0 Å². The number of carbonyl (C=O) groups excluding carboxylic acids is 1. The number of hydrogen-bond acceptors (Lipinski definition) is 5. The number of nitrogens with zero attached hydrogens (tertiary/aromatic N) is 3. The zero-order valence-corrected chi connectivity index (χ0v) is 14.8. The molecule has 0 saturated carbocycles. The molecule has 4 rings (SSSR count). The van der Waals surface area contributed by atoms with Crippen molar-refractivity contribution in [2.24, 2.45) is 5.92 Å². The number of carbonyl (C=O) groups is 1. The number of methoxy groups -OCH3 is 1. The third-order valence-corrected chi connectivity index (χ3v) is 5.41. The van der Waals surface area contributed by atoms with E-state index in [0.717, 1.165) is 12.1 Å². The second-order valence-corrected chi connectivity index (χ2v) is 7.03. The van der Waals surface area contributed by atoms with Crippen LogP contribution in [0, 0.1) is 16.0 Å². The van der Waals surface area contributed by atoms with E-state index in [4.69, 9.17) is 4.74 Å². The molecule has 1 saturated heterocycles. The third kappa shape index (κ3) is 2.87. The molecule has 140 valence electrons. The molecule has 0 spiro atoms. The van der Waals surface area contributed by atoms with Crippen LogP contribution in [0.1, 0.15) is 28.4 Å². The fourth-order valence-electron chi connectivity index (χ4n) is 4.23. The summed E-state index contributed by atoms with van der Waals surface area (Å²) < 4.78 is 6.82. The first-order chi connectivity index (χ1) is 13.0. The predicted octanol–water partition coefficient (Wildman–Crippen LogP) is 2.02. The van der Waals surface area contributed by atoms with Crippen molar-refractivity contribution in [3.05, 3.63) is 68.1 Å². The van der Waals surface area contributed by atoms with Crippen LogP contribution in [0.5, 0.6) is 5.75 Å². The van der Waals surface area contributed by atoms with Gasteiger partial charge in [-0.15, -0.1) is 0 Å². The van der Waals surface area contributed by atoms with Crippen LogP contribution in [-0.4, -0.2) is 40.5 Å². The second-order valence-electron chi connectivity index (χ2n) is 7.03. The number of para-hydroxylation sites is 1. The van der Waals surface area contributed by atoms with Crippen LogP contribution in [-0.2, 0) is 6.54 Å². The van der Waals surface area contributed by atoms with Gasteiger partial charge in [-0.05, 0) is 30.5 Å². The summed E-state index contributed by atoms with van der Waals surface area (Å²) in [5.74, 6) is 0.518. The number of likely N-dealkylation sites (tertiary alicyclic amines) is 1. The number of nitro groups is 1. The van der Waals surface area contributed by atoms with Gasteiger partial charge in [0.05, 0.1) is 17.6 Å². The van der Waals surface area contributed by atoms with Crippen molar-refractivity contribution in [2.45, 2.75) is 18.9 Å². The van der Waals surface area contributed by atoms with Gasteiger partial charge in [0.25, 0.3) is 5.91 Å². The minimum Gasteiger partial charge on any atom is -0.496 e. The minimum absolute atomic E-state index is 0.00957. The Balaban J connectivity index is 1.65. The highest BCUT2D eigenvalue weighted by Crippen LogP contribution is 2.36. The molecule has 3 heterocycles. The van der Waals surface area contributed by atoms with E-state index in [1.807, 2.05) is 6.07 Å². The quantitative estimate of drug-likeness (QED) is 0.609. The largest absolute Gasteiger partial charge is 0.496 e. The zero-order chi connectivity index (χ0) is 19.1. The first kappa shape index (κ1) is 17.3. The van der Waals surface area contributed by atoms with Crippen molar-refractivity contribution in [2.75, 3.05) is 20.2 Å². The van der Waals surface area contributed by atoms with E-state index >= 15 is 0 Å². The van der Waals surface area contributed by atoms with E-state index < -0.39 is 16.2 Å². The average Bonchev–Trinajstić information content (AvgIpc) is 2.67. The number of aromatic nitrogens is 1. The van der Waals surface area contributed by atoms with Gasteiger partial charge in [-0.25, -0.2) is 0 Å². The zero-order valence-electron chi connectivity index (χ0n) is 14.8. The summed E-state index contributed by atoms with van der Waals surface area (Å²) >= 11 is 0. The SMILES string of the molecule is COc1ccccc1C(=O)N1C[C@@H]2C[C@@H](C1)c1ccc([N+](=O)[O-])c(=O)n1C2. The van der Waals surface area contributed by atoms with E-state index in [0.29, 0.717) is 30.9 Å². The van der Waals surface area contributed by atoms with Gasteiger partial charge in [0, 0.05) is 37.3 Å². The summed E-state index contributed by atoms with van der Waals surface area (Å²) in [6, 6.07) is 10.0. The number of amides is 1. The van der Waals surface area contributed by atoms with Crippen LogP contribution >= 0.6 is 0 Å². The van der Waals surface area contributed by atoms with Crippen molar-refractivity contribution >= 4 is 11.6 Å². The normalized spacial score (nSPS) is 20.7. The highest BCUT2D eigenvalue weighted by molar-refractivity contribution is 5.97. The number of rotatable bonds is 3. The maximum atomic E-state index is 13.0. The number of pyridine rings is 1. The fourth-order valence-corrected chi connectivity index (χ4v) is 4.23. The monoisotopic (exact) mass is 369 g/mol. The van der Waals surface area contributed by atoms with Crippen LogP contribution in [0.15, 0.2) is 41.2 Å². The van der Waals surface area contributed by atoms with E-state index in [2.05, 4.69) is 0 Å². The molecule has 2 aliphatic heterocycles. The fraction of sp³-hybridized carbons (Fsp3) is 0.368. The molecule has 2 aliphatic rings. The van der Waals surface area contributed by atoms with Crippen molar-refractivity contribution < 1.29 is 14.5 Å². The van der Waals surface area contributed by atoms with E-state index in [1.165, 1.54) is 17.7 Å². The Bertz CT molecular complexity index is 984. The van der Waals surface area contributed by atoms with E-state index in [-0.39, 0.29) is 17.7 Å². The Morgan fingerprint density at radius 2 is 1.96 bits per heavy atom. The van der Waals surface area contributed by atoms with Gasteiger partial charge >= 0.3 is 11.2 Å². The van der Waals surface area contributed by atoms with Gasteiger partial charge in [-0.3, -0.25) is 19.7 Å². The molecule has 0 N–H and O–H groups in total. The molecule has 2 bridgehead atoms. The summed E-state index contributed by atoms with van der Waals surface area (Å²) in [6.45, 7) is 1.38. The lowest BCUT2D eigenvalue weighted by Gasteiger charge is -2.42. The number of fused-ring (bicyclic) bond motifs is 4. The molecule has 0 radical (unpaired) electrons. The highest BCUT2D eigenvalue weighted by Gasteiger charge is 2.38. The van der Waals surface area contributed by atoms with Crippen LogP contribution < -0.4 is 10.3 Å².